The minimum Gasteiger partial charge on any atom is -0.344 e. The Morgan fingerprint density at radius 3 is 2.46 bits per heavy atom. The average Bonchev–Trinajstić information content (AvgIpc) is 3.46. The van der Waals surface area contributed by atoms with Gasteiger partial charge >= 0.3 is 0 Å². The molecular formula is C20H24N6OS. The van der Waals surface area contributed by atoms with Crippen molar-refractivity contribution in [1.29, 1.82) is 0 Å². The molecular weight excluding hydrogens is 372 g/mol. The molecule has 28 heavy (non-hydrogen) atoms. The Morgan fingerprint density at radius 2 is 1.75 bits per heavy atom. The van der Waals surface area contributed by atoms with Gasteiger partial charge in [-0.1, -0.05) is 41.7 Å². The highest BCUT2D eigenvalue weighted by Gasteiger charge is 2.25. The molecule has 1 amide bonds. The van der Waals surface area contributed by atoms with Crippen molar-refractivity contribution in [3.63, 3.8) is 0 Å². The fourth-order valence-corrected chi connectivity index (χ4v) is 4.86. The molecule has 2 aliphatic heterocycles. The van der Waals surface area contributed by atoms with E-state index in [4.69, 9.17) is 10.1 Å². The van der Waals surface area contributed by atoms with E-state index in [9.17, 15) is 4.79 Å². The number of hydrogen-bond donors (Lipinski definition) is 0. The number of carbonyl (C=O) groups is 1. The summed E-state index contributed by atoms with van der Waals surface area (Å²) in [4.78, 5) is 24.6. The maximum Gasteiger partial charge on any atom is 0.236 e. The van der Waals surface area contributed by atoms with Crippen LogP contribution in [0.5, 0.6) is 0 Å². The highest BCUT2D eigenvalue weighted by molar-refractivity contribution is 7.20. The Balaban J connectivity index is 1.21. The summed E-state index contributed by atoms with van der Waals surface area (Å²) >= 11 is 1.63. The summed E-state index contributed by atoms with van der Waals surface area (Å²) in [5.41, 5.74) is 2.06. The van der Waals surface area contributed by atoms with Crippen LogP contribution in [-0.4, -0.2) is 76.1 Å². The number of piperazine rings is 1. The SMILES string of the molecule is O=C(CN1CCN(c2nn3cc(-c4ccccc4)nc3s2)CC1)N1CCCC1. The van der Waals surface area contributed by atoms with Crippen LogP contribution in [0.1, 0.15) is 12.8 Å². The van der Waals surface area contributed by atoms with Gasteiger partial charge in [-0.15, -0.1) is 5.10 Å². The molecule has 146 valence electrons. The molecule has 7 nitrogen and oxygen atoms in total. The number of hydrogen-bond acceptors (Lipinski definition) is 6. The van der Waals surface area contributed by atoms with E-state index in [0.717, 1.165) is 73.5 Å². The second-order valence-corrected chi connectivity index (χ2v) is 8.39. The second-order valence-electron chi connectivity index (χ2n) is 7.46. The monoisotopic (exact) mass is 396 g/mol. The molecule has 2 fully saturated rings. The van der Waals surface area contributed by atoms with Crippen LogP contribution in [0.15, 0.2) is 36.5 Å². The molecule has 0 bridgehead atoms. The van der Waals surface area contributed by atoms with E-state index in [0.29, 0.717) is 6.54 Å². The lowest BCUT2D eigenvalue weighted by atomic mass is 10.2. The van der Waals surface area contributed by atoms with Gasteiger partial charge in [-0.2, -0.15) is 0 Å². The number of fused-ring (bicyclic) bond motifs is 1. The zero-order valence-electron chi connectivity index (χ0n) is 15.8. The van der Waals surface area contributed by atoms with Gasteiger partial charge in [0.15, 0.2) is 0 Å². The molecule has 0 spiro atoms. The topological polar surface area (TPSA) is 57.0 Å². The number of aromatic nitrogens is 3. The van der Waals surface area contributed by atoms with E-state index in [2.05, 4.69) is 21.9 Å². The lowest BCUT2D eigenvalue weighted by Gasteiger charge is -2.34. The van der Waals surface area contributed by atoms with Crippen molar-refractivity contribution in [1.82, 2.24) is 24.4 Å². The summed E-state index contributed by atoms with van der Waals surface area (Å²) in [6.07, 6.45) is 4.30. The van der Waals surface area contributed by atoms with Crippen LogP contribution in [0, 0.1) is 0 Å². The van der Waals surface area contributed by atoms with Gasteiger partial charge in [0.05, 0.1) is 18.4 Å². The maximum atomic E-state index is 12.3. The van der Waals surface area contributed by atoms with Crippen molar-refractivity contribution in [3.8, 4) is 11.3 Å². The number of benzene rings is 1. The minimum atomic E-state index is 0.284. The van der Waals surface area contributed by atoms with E-state index >= 15 is 0 Å². The summed E-state index contributed by atoms with van der Waals surface area (Å²) in [6.45, 7) is 6.01. The molecule has 0 atom stereocenters. The van der Waals surface area contributed by atoms with Crippen LogP contribution in [0.25, 0.3) is 16.2 Å². The molecule has 0 N–H and O–H groups in total. The van der Waals surface area contributed by atoms with E-state index in [-0.39, 0.29) is 5.91 Å². The predicted octanol–water partition coefficient (Wildman–Crippen LogP) is 2.20. The van der Waals surface area contributed by atoms with Crippen LogP contribution < -0.4 is 4.90 Å². The third-order valence-electron chi connectivity index (χ3n) is 5.56. The zero-order chi connectivity index (χ0) is 18.9. The standard InChI is InChI=1S/C20H24N6OS/c27-18(24-8-4-5-9-24)15-23-10-12-25(13-11-23)20-22-26-14-17(21-19(26)28-20)16-6-2-1-3-7-16/h1-3,6-7,14H,4-5,8-13,15H2. The molecule has 2 aromatic heterocycles. The van der Waals surface area contributed by atoms with Crippen molar-refractivity contribution < 1.29 is 4.79 Å². The number of imidazole rings is 1. The number of carbonyl (C=O) groups excluding carboxylic acids is 1. The van der Waals surface area contributed by atoms with Crippen molar-refractivity contribution in [3.05, 3.63) is 36.5 Å². The first-order valence-electron chi connectivity index (χ1n) is 9.93. The quantitative estimate of drug-likeness (QED) is 0.677. The minimum absolute atomic E-state index is 0.284. The van der Waals surface area contributed by atoms with E-state index < -0.39 is 0 Å². The molecule has 2 aliphatic rings. The summed E-state index contributed by atoms with van der Waals surface area (Å²) in [7, 11) is 0. The van der Waals surface area contributed by atoms with Crippen molar-refractivity contribution >= 4 is 27.3 Å². The molecule has 0 unspecified atom stereocenters. The third-order valence-corrected chi connectivity index (χ3v) is 6.55. The number of rotatable bonds is 4. The first kappa shape index (κ1) is 17.6. The molecule has 4 heterocycles. The summed E-state index contributed by atoms with van der Waals surface area (Å²) in [5, 5.41) is 5.74. The number of nitrogens with zero attached hydrogens (tertiary/aromatic N) is 6. The highest BCUT2D eigenvalue weighted by atomic mass is 32.1. The van der Waals surface area contributed by atoms with Gasteiger partial charge in [0.1, 0.15) is 0 Å². The van der Waals surface area contributed by atoms with Crippen LogP contribution in [0.3, 0.4) is 0 Å². The van der Waals surface area contributed by atoms with Crippen LogP contribution in [0.4, 0.5) is 5.13 Å². The molecule has 0 aliphatic carbocycles. The Bertz CT molecular complexity index is 922. The van der Waals surface area contributed by atoms with Crippen LogP contribution >= 0.6 is 11.3 Å². The summed E-state index contributed by atoms with van der Waals surface area (Å²) in [6, 6.07) is 10.2. The Kier molecular flexibility index (Phi) is 4.74. The second kappa shape index (κ2) is 7.52. The van der Waals surface area contributed by atoms with Gasteiger partial charge in [0, 0.05) is 44.8 Å². The maximum absolute atomic E-state index is 12.3. The van der Waals surface area contributed by atoms with Crippen LogP contribution in [-0.2, 0) is 4.79 Å². The van der Waals surface area contributed by atoms with Gasteiger partial charge in [0.2, 0.25) is 16.0 Å². The fraction of sp³-hybridized carbons (Fsp3) is 0.450. The molecule has 0 radical (unpaired) electrons. The Hall–Kier alpha value is -2.45. The zero-order valence-corrected chi connectivity index (χ0v) is 16.6. The third kappa shape index (κ3) is 3.49. The van der Waals surface area contributed by atoms with E-state index in [1.54, 1.807) is 11.3 Å². The molecule has 3 aromatic rings. The summed E-state index contributed by atoms with van der Waals surface area (Å²) in [5.74, 6) is 0.284. The lowest BCUT2D eigenvalue weighted by molar-refractivity contribution is -0.131. The van der Waals surface area contributed by atoms with Crippen molar-refractivity contribution in [2.45, 2.75) is 12.8 Å². The lowest BCUT2D eigenvalue weighted by Crippen LogP contribution is -2.49. The van der Waals surface area contributed by atoms with Gasteiger partial charge in [-0.3, -0.25) is 9.69 Å². The van der Waals surface area contributed by atoms with Crippen LogP contribution in [0.2, 0.25) is 0 Å². The molecule has 2 saturated heterocycles. The average molecular weight is 397 g/mol. The molecule has 5 rings (SSSR count). The normalized spacial score (nSPS) is 18.3. The predicted molar refractivity (Wildman–Crippen MR) is 111 cm³/mol. The largest absolute Gasteiger partial charge is 0.344 e. The van der Waals surface area contributed by atoms with E-state index in [1.807, 2.05) is 33.8 Å². The van der Waals surface area contributed by atoms with Gasteiger partial charge in [-0.05, 0) is 12.8 Å². The fourth-order valence-electron chi connectivity index (χ4n) is 3.92. The highest BCUT2D eigenvalue weighted by Crippen LogP contribution is 2.27. The molecule has 1 aromatic carbocycles. The Morgan fingerprint density at radius 1 is 1.00 bits per heavy atom. The Labute approximate surface area is 168 Å². The molecule has 0 saturated carbocycles. The number of amides is 1. The molecule has 8 heteroatoms. The smallest absolute Gasteiger partial charge is 0.236 e. The first-order valence-corrected chi connectivity index (χ1v) is 10.7. The van der Waals surface area contributed by atoms with Gasteiger partial charge in [0.25, 0.3) is 0 Å². The number of likely N-dealkylation sites (tertiary alicyclic amines) is 1. The van der Waals surface area contributed by atoms with Gasteiger partial charge < -0.3 is 9.80 Å². The van der Waals surface area contributed by atoms with Crippen molar-refractivity contribution in [2.24, 2.45) is 0 Å². The summed E-state index contributed by atoms with van der Waals surface area (Å²) < 4.78 is 1.88. The first-order chi connectivity index (χ1) is 13.8. The number of anilines is 1. The van der Waals surface area contributed by atoms with Crippen molar-refractivity contribution in [2.75, 3.05) is 50.7 Å². The van der Waals surface area contributed by atoms with E-state index in [1.165, 1.54) is 0 Å². The van der Waals surface area contributed by atoms with Gasteiger partial charge in [-0.25, -0.2) is 9.50 Å².